The van der Waals surface area contributed by atoms with Gasteiger partial charge in [-0.3, -0.25) is 4.79 Å². The molecule has 0 fully saturated rings. The summed E-state index contributed by atoms with van der Waals surface area (Å²) in [7, 11) is 1.78. The highest BCUT2D eigenvalue weighted by molar-refractivity contribution is 7.99. The quantitative estimate of drug-likeness (QED) is 0.608. The van der Waals surface area contributed by atoms with Crippen molar-refractivity contribution in [1.29, 1.82) is 0 Å². The van der Waals surface area contributed by atoms with Crippen LogP contribution in [0.15, 0.2) is 29.4 Å². The van der Waals surface area contributed by atoms with E-state index in [1.807, 2.05) is 38.1 Å². The maximum absolute atomic E-state index is 12.0. The molecule has 0 spiro atoms. The van der Waals surface area contributed by atoms with Crippen LogP contribution < -0.4 is 5.32 Å². The third-order valence-electron chi connectivity index (χ3n) is 3.49. The Morgan fingerprint density at radius 3 is 2.90 bits per heavy atom. The van der Waals surface area contributed by atoms with Crippen LogP contribution in [0.4, 0.5) is 0 Å². The molecule has 114 valence electrons. The molecule has 1 aromatic carbocycles. The molecule has 21 heavy (non-hydrogen) atoms. The van der Waals surface area contributed by atoms with Crippen LogP contribution in [-0.2, 0) is 9.53 Å². The van der Waals surface area contributed by atoms with E-state index < -0.39 is 5.54 Å². The van der Waals surface area contributed by atoms with E-state index in [2.05, 4.69) is 15.3 Å². The number of ether oxygens (including phenoxy) is 1. The minimum absolute atomic E-state index is 0.210. The molecule has 1 unspecified atom stereocenters. The first kappa shape index (κ1) is 15.9. The standard InChI is InChI=1S/C15H21N3O2S/c1-4-20-13(19)15(2,16-3)9-10-21-14-17-11-7-5-6-8-12(11)18-14/h5-8,16H,4,9-10H2,1-3H3,(H,17,18). The second kappa shape index (κ2) is 6.95. The number of aromatic nitrogens is 2. The van der Waals surface area contributed by atoms with Crippen LogP contribution in [0.1, 0.15) is 20.3 Å². The van der Waals surface area contributed by atoms with E-state index in [9.17, 15) is 4.79 Å². The number of carbonyl (C=O) groups excluding carboxylic acids is 1. The van der Waals surface area contributed by atoms with Crippen molar-refractivity contribution in [2.45, 2.75) is 31.0 Å². The number of esters is 1. The molecule has 0 saturated carbocycles. The number of likely N-dealkylation sites (N-methyl/N-ethyl adjacent to an activating group) is 1. The van der Waals surface area contributed by atoms with Gasteiger partial charge in [-0.25, -0.2) is 4.98 Å². The zero-order valence-electron chi connectivity index (χ0n) is 12.6. The first-order chi connectivity index (χ1) is 10.1. The van der Waals surface area contributed by atoms with E-state index in [0.29, 0.717) is 13.0 Å². The molecular formula is C15H21N3O2S. The Bertz CT molecular complexity index is 581. The molecule has 6 heteroatoms. The maximum atomic E-state index is 12.0. The molecule has 0 amide bonds. The number of rotatable bonds is 7. The molecule has 0 saturated heterocycles. The lowest BCUT2D eigenvalue weighted by Crippen LogP contribution is -2.49. The second-order valence-corrected chi connectivity index (χ2v) is 6.04. The highest BCUT2D eigenvalue weighted by atomic mass is 32.2. The summed E-state index contributed by atoms with van der Waals surface area (Å²) in [6, 6.07) is 7.93. The van der Waals surface area contributed by atoms with E-state index in [0.717, 1.165) is 21.9 Å². The largest absolute Gasteiger partial charge is 0.465 e. The number of carbonyl (C=O) groups is 1. The predicted molar refractivity (Wildman–Crippen MR) is 85.5 cm³/mol. The Kier molecular flexibility index (Phi) is 5.25. The molecule has 2 rings (SSSR count). The van der Waals surface area contributed by atoms with Gasteiger partial charge < -0.3 is 15.0 Å². The summed E-state index contributed by atoms with van der Waals surface area (Å²) in [5.41, 5.74) is 1.33. The van der Waals surface area contributed by atoms with E-state index in [-0.39, 0.29) is 5.97 Å². The molecule has 2 N–H and O–H groups in total. The Morgan fingerprint density at radius 2 is 2.24 bits per heavy atom. The summed E-state index contributed by atoms with van der Waals surface area (Å²) in [4.78, 5) is 19.7. The molecule has 0 radical (unpaired) electrons. The van der Waals surface area contributed by atoms with Gasteiger partial charge in [0.05, 0.1) is 17.6 Å². The van der Waals surface area contributed by atoms with Crippen LogP contribution in [0, 0.1) is 0 Å². The molecule has 2 aromatic rings. The fourth-order valence-electron chi connectivity index (χ4n) is 1.97. The zero-order chi connectivity index (χ0) is 15.3. The average molecular weight is 307 g/mol. The number of H-pyrrole nitrogens is 1. The number of thioether (sulfide) groups is 1. The number of hydrogen-bond donors (Lipinski definition) is 2. The number of imidazole rings is 1. The van der Waals surface area contributed by atoms with Crippen LogP contribution >= 0.6 is 11.8 Å². The van der Waals surface area contributed by atoms with Crippen molar-refractivity contribution in [3.8, 4) is 0 Å². The van der Waals surface area contributed by atoms with Gasteiger partial charge in [-0.1, -0.05) is 23.9 Å². The van der Waals surface area contributed by atoms with Gasteiger partial charge in [0, 0.05) is 5.75 Å². The molecule has 1 aromatic heterocycles. The number of para-hydroxylation sites is 2. The second-order valence-electron chi connectivity index (χ2n) is 4.96. The number of nitrogens with zero attached hydrogens (tertiary/aromatic N) is 1. The number of nitrogens with one attached hydrogen (secondary N) is 2. The minimum atomic E-state index is -0.658. The van der Waals surface area contributed by atoms with E-state index in [1.165, 1.54) is 0 Å². The van der Waals surface area contributed by atoms with Crippen LogP contribution in [0.5, 0.6) is 0 Å². The van der Waals surface area contributed by atoms with Crippen molar-refractivity contribution in [1.82, 2.24) is 15.3 Å². The summed E-state index contributed by atoms with van der Waals surface area (Å²) in [6.45, 7) is 4.08. The van der Waals surface area contributed by atoms with Crippen LogP contribution in [0.2, 0.25) is 0 Å². The summed E-state index contributed by atoms with van der Waals surface area (Å²) < 4.78 is 5.11. The van der Waals surface area contributed by atoms with Gasteiger partial charge in [-0.15, -0.1) is 0 Å². The smallest absolute Gasteiger partial charge is 0.326 e. The first-order valence-electron chi connectivity index (χ1n) is 7.02. The van der Waals surface area contributed by atoms with Crippen molar-refractivity contribution in [3.05, 3.63) is 24.3 Å². The van der Waals surface area contributed by atoms with Gasteiger partial charge in [0.25, 0.3) is 0 Å². The topological polar surface area (TPSA) is 67.0 Å². The summed E-state index contributed by atoms with van der Waals surface area (Å²) in [5.74, 6) is 0.563. The highest BCUT2D eigenvalue weighted by Crippen LogP contribution is 2.23. The molecule has 1 heterocycles. The molecule has 0 bridgehead atoms. The molecule has 0 aliphatic carbocycles. The van der Waals surface area contributed by atoms with Gasteiger partial charge >= 0.3 is 5.97 Å². The number of hydrogen-bond acceptors (Lipinski definition) is 5. The molecule has 5 nitrogen and oxygen atoms in total. The monoisotopic (exact) mass is 307 g/mol. The fraction of sp³-hybridized carbons (Fsp3) is 0.467. The first-order valence-corrected chi connectivity index (χ1v) is 8.01. The van der Waals surface area contributed by atoms with Crippen molar-refractivity contribution < 1.29 is 9.53 Å². The summed E-state index contributed by atoms with van der Waals surface area (Å²) >= 11 is 1.61. The Hall–Kier alpha value is -1.53. The van der Waals surface area contributed by atoms with Crippen LogP contribution in [0.3, 0.4) is 0 Å². The maximum Gasteiger partial charge on any atom is 0.326 e. The lowest BCUT2D eigenvalue weighted by atomic mass is 10.00. The van der Waals surface area contributed by atoms with Crippen molar-refractivity contribution in [2.24, 2.45) is 0 Å². The van der Waals surface area contributed by atoms with E-state index in [4.69, 9.17) is 4.74 Å². The Morgan fingerprint density at radius 1 is 1.48 bits per heavy atom. The van der Waals surface area contributed by atoms with Crippen molar-refractivity contribution >= 4 is 28.8 Å². The zero-order valence-corrected chi connectivity index (χ0v) is 13.4. The Balaban J connectivity index is 1.94. The number of aromatic amines is 1. The van der Waals surface area contributed by atoms with Crippen LogP contribution in [0.25, 0.3) is 11.0 Å². The molecule has 1 atom stereocenters. The highest BCUT2D eigenvalue weighted by Gasteiger charge is 2.32. The van der Waals surface area contributed by atoms with Gasteiger partial charge in [-0.2, -0.15) is 0 Å². The Labute approximate surface area is 128 Å². The van der Waals surface area contributed by atoms with E-state index in [1.54, 1.807) is 18.8 Å². The lowest BCUT2D eigenvalue weighted by molar-refractivity contribution is -0.150. The van der Waals surface area contributed by atoms with Gasteiger partial charge in [0.2, 0.25) is 0 Å². The average Bonchev–Trinajstić information content (AvgIpc) is 2.89. The number of benzene rings is 1. The van der Waals surface area contributed by atoms with Crippen LogP contribution in [-0.4, -0.2) is 40.9 Å². The SMILES string of the molecule is CCOC(=O)C(C)(CCSc1nc2ccccc2[nH]1)NC. The third-order valence-corrected chi connectivity index (χ3v) is 4.36. The van der Waals surface area contributed by atoms with Gasteiger partial charge in [-0.05, 0) is 39.4 Å². The molecular weight excluding hydrogens is 286 g/mol. The fourth-order valence-corrected chi connectivity index (χ4v) is 3.02. The van der Waals surface area contributed by atoms with E-state index >= 15 is 0 Å². The van der Waals surface area contributed by atoms with Crippen molar-refractivity contribution in [3.63, 3.8) is 0 Å². The summed E-state index contributed by atoms with van der Waals surface area (Å²) in [5, 5.41) is 3.93. The van der Waals surface area contributed by atoms with Crippen molar-refractivity contribution in [2.75, 3.05) is 19.4 Å². The predicted octanol–water partition coefficient (Wildman–Crippen LogP) is 2.59. The van der Waals surface area contributed by atoms with Gasteiger partial charge in [0.15, 0.2) is 5.16 Å². The third kappa shape index (κ3) is 3.77. The summed E-state index contributed by atoms with van der Waals surface area (Å²) in [6.07, 6.45) is 0.671. The normalized spacial score (nSPS) is 14.0. The minimum Gasteiger partial charge on any atom is -0.465 e. The number of fused-ring (bicyclic) bond motifs is 1. The molecule has 0 aliphatic heterocycles. The lowest BCUT2D eigenvalue weighted by Gasteiger charge is -2.26. The van der Waals surface area contributed by atoms with Gasteiger partial charge in [0.1, 0.15) is 5.54 Å². The molecule has 0 aliphatic rings.